The van der Waals surface area contributed by atoms with Crippen molar-refractivity contribution >= 4 is 17.0 Å². The lowest BCUT2D eigenvalue weighted by atomic mass is 10.0. The normalized spacial score (nSPS) is 17.2. The predicted molar refractivity (Wildman–Crippen MR) is 99.5 cm³/mol. The van der Waals surface area contributed by atoms with Crippen molar-refractivity contribution in [3.05, 3.63) is 47.1 Å². The van der Waals surface area contributed by atoms with E-state index in [1.165, 1.54) is 29.7 Å². The van der Waals surface area contributed by atoms with E-state index in [9.17, 15) is 13.2 Å². The number of aromatic nitrogens is 1. The number of thiophene rings is 1. The zero-order valence-corrected chi connectivity index (χ0v) is 15.4. The predicted octanol–water partition coefficient (Wildman–Crippen LogP) is 5.31. The van der Waals surface area contributed by atoms with E-state index in [4.69, 9.17) is 0 Å². The van der Waals surface area contributed by atoms with Gasteiger partial charge in [0.25, 0.3) is 0 Å². The second kappa shape index (κ2) is 8.22. The van der Waals surface area contributed by atoms with Gasteiger partial charge in [0.1, 0.15) is 6.04 Å². The van der Waals surface area contributed by atoms with Crippen LogP contribution in [0.15, 0.2) is 35.9 Å². The van der Waals surface area contributed by atoms with Crippen LogP contribution in [0.25, 0.3) is 16.1 Å². The Hall–Kier alpha value is -1.86. The molecule has 7 heteroatoms. The van der Waals surface area contributed by atoms with Gasteiger partial charge in [0.15, 0.2) is 0 Å². The number of unbranched alkanes of at least 4 members (excludes halogenated alkanes) is 3. The number of nitrogens with zero attached hydrogens (tertiary/aromatic N) is 1. The number of aryl methyl sites for hydroxylation is 1. The zero-order valence-electron chi connectivity index (χ0n) is 14.6. The van der Waals surface area contributed by atoms with Gasteiger partial charge in [-0.3, -0.25) is 4.98 Å². The minimum Gasteiger partial charge on any atom is -0.319 e. The maximum atomic E-state index is 12.8. The first-order chi connectivity index (χ1) is 12.5. The standard InChI is InChI=1S/C19H22F3N3S/c1-2-3-4-5-6-13-8-10-26-18(13)14-7-9-23-15(11-14)16-12-17(25-24-16)19(20,21)22/h7-12,17,24-25H,2-6H2,1H3. The van der Waals surface area contributed by atoms with Gasteiger partial charge in [-0.15, -0.1) is 11.3 Å². The second-order valence-corrected chi connectivity index (χ2v) is 7.30. The van der Waals surface area contributed by atoms with Crippen LogP contribution >= 0.6 is 11.3 Å². The summed E-state index contributed by atoms with van der Waals surface area (Å²) in [7, 11) is 0. The Kier molecular flexibility index (Phi) is 5.98. The summed E-state index contributed by atoms with van der Waals surface area (Å²) >= 11 is 1.66. The van der Waals surface area contributed by atoms with E-state index in [2.05, 4.69) is 34.2 Å². The first-order valence-electron chi connectivity index (χ1n) is 8.82. The molecule has 0 saturated carbocycles. The van der Waals surface area contributed by atoms with Crippen LogP contribution in [0.4, 0.5) is 13.2 Å². The molecule has 0 aromatic carbocycles. The summed E-state index contributed by atoms with van der Waals surface area (Å²) in [6, 6.07) is 4.20. The molecule has 1 unspecified atom stereocenters. The maximum Gasteiger partial charge on any atom is 0.409 e. The fraction of sp³-hybridized carbons (Fsp3) is 0.421. The quantitative estimate of drug-likeness (QED) is 0.638. The minimum atomic E-state index is -4.33. The Bertz CT molecular complexity index is 767. The van der Waals surface area contributed by atoms with Crippen molar-refractivity contribution < 1.29 is 13.2 Å². The summed E-state index contributed by atoms with van der Waals surface area (Å²) in [6.07, 6.45) is 4.29. The van der Waals surface area contributed by atoms with Crippen molar-refractivity contribution in [3.63, 3.8) is 0 Å². The van der Waals surface area contributed by atoms with Crippen LogP contribution in [-0.4, -0.2) is 17.2 Å². The lowest BCUT2D eigenvalue weighted by molar-refractivity contribution is -0.144. The number of hydrazine groups is 1. The fourth-order valence-corrected chi connectivity index (χ4v) is 3.93. The van der Waals surface area contributed by atoms with Crippen LogP contribution in [0, 0.1) is 0 Å². The van der Waals surface area contributed by atoms with Crippen LogP contribution < -0.4 is 10.9 Å². The maximum absolute atomic E-state index is 12.8. The number of hydrogen-bond donors (Lipinski definition) is 2. The number of nitrogens with one attached hydrogen (secondary N) is 2. The zero-order chi connectivity index (χ0) is 18.6. The Morgan fingerprint density at radius 1 is 1.19 bits per heavy atom. The van der Waals surface area contributed by atoms with Crippen LogP contribution in [0.3, 0.4) is 0 Å². The highest BCUT2D eigenvalue weighted by atomic mass is 32.1. The summed E-state index contributed by atoms with van der Waals surface area (Å²) in [5.74, 6) is 0. The van der Waals surface area contributed by atoms with E-state index in [-0.39, 0.29) is 0 Å². The number of rotatable bonds is 7. The Labute approximate surface area is 155 Å². The van der Waals surface area contributed by atoms with Gasteiger partial charge in [0, 0.05) is 11.1 Å². The summed E-state index contributed by atoms with van der Waals surface area (Å²) < 4.78 is 38.4. The molecule has 2 N–H and O–H groups in total. The molecule has 0 spiro atoms. The molecule has 2 aromatic heterocycles. The van der Waals surface area contributed by atoms with E-state index in [1.54, 1.807) is 17.5 Å². The second-order valence-electron chi connectivity index (χ2n) is 6.38. The summed E-state index contributed by atoms with van der Waals surface area (Å²) in [5.41, 5.74) is 7.99. The number of hydrogen-bond acceptors (Lipinski definition) is 4. The van der Waals surface area contributed by atoms with E-state index in [1.807, 2.05) is 12.1 Å². The number of pyridine rings is 1. The molecular weight excluding hydrogens is 359 g/mol. The van der Waals surface area contributed by atoms with Crippen LogP contribution in [0.1, 0.15) is 43.9 Å². The molecule has 2 aromatic rings. The molecule has 3 heterocycles. The lowest BCUT2D eigenvalue weighted by Gasteiger charge is -2.12. The van der Waals surface area contributed by atoms with Crippen molar-refractivity contribution in [2.75, 3.05) is 0 Å². The van der Waals surface area contributed by atoms with Gasteiger partial charge in [-0.1, -0.05) is 26.2 Å². The summed E-state index contributed by atoms with van der Waals surface area (Å²) in [5, 5.41) is 2.07. The molecule has 140 valence electrons. The molecule has 0 amide bonds. The highest BCUT2D eigenvalue weighted by Gasteiger charge is 2.41. The van der Waals surface area contributed by atoms with Crippen LogP contribution in [0.5, 0.6) is 0 Å². The van der Waals surface area contributed by atoms with Gasteiger partial charge in [0.05, 0.1) is 11.4 Å². The average Bonchev–Trinajstić information content (AvgIpc) is 3.28. The third-order valence-corrected chi connectivity index (χ3v) is 5.40. The number of halogens is 3. The van der Waals surface area contributed by atoms with E-state index >= 15 is 0 Å². The minimum absolute atomic E-state index is 0.357. The molecule has 3 rings (SSSR count). The Balaban J connectivity index is 1.78. The topological polar surface area (TPSA) is 37.0 Å². The molecule has 1 aliphatic heterocycles. The van der Waals surface area contributed by atoms with Gasteiger partial charge < -0.3 is 5.43 Å². The highest BCUT2D eigenvalue weighted by Crippen LogP contribution is 2.32. The van der Waals surface area contributed by atoms with Crippen molar-refractivity contribution in [2.24, 2.45) is 0 Å². The van der Waals surface area contributed by atoms with Crippen molar-refractivity contribution in [1.29, 1.82) is 0 Å². The van der Waals surface area contributed by atoms with Crippen molar-refractivity contribution in [1.82, 2.24) is 15.8 Å². The summed E-state index contributed by atoms with van der Waals surface area (Å²) in [6.45, 7) is 2.19. The molecule has 0 saturated heterocycles. The van der Waals surface area contributed by atoms with Crippen LogP contribution in [0.2, 0.25) is 0 Å². The van der Waals surface area contributed by atoms with E-state index in [0.717, 1.165) is 24.5 Å². The van der Waals surface area contributed by atoms with Gasteiger partial charge >= 0.3 is 6.18 Å². The van der Waals surface area contributed by atoms with Crippen molar-refractivity contribution in [2.45, 2.75) is 51.2 Å². The Morgan fingerprint density at radius 2 is 2.04 bits per heavy atom. The molecular formula is C19H22F3N3S. The van der Waals surface area contributed by atoms with Crippen molar-refractivity contribution in [3.8, 4) is 10.4 Å². The molecule has 0 bridgehead atoms. The first-order valence-corrected chi connectivity index (χ1v) is 9.70. The molecule has 3 nitrogen and oxygen atoms in total. The smallest absolute Gasteiger partial charge is 0.319 e. The molecule has 26 heavy (non-hydrogen) atoms. The van der Waals surface area contributed by atoms with E-state index in [0.29, 0.717) is 11.4 Å². The third kappa shape index (κ3) is 4.45. The number of alkyl halides is 3. The Morgan fingerprint density at radius 3 is 2.77 bits per heavy atom. The monoisotopic (exact) mass is 381 g/mol. The third-order valence-electron chi connectivity index (χ3n) is 4.39. The average molecular weight is 381 g/mol. The lowest BCUT2D eigenvalue weighted by Crippen LogP contribution is -2.41. The first kappa shape index (κ1) is 18.9. The molecule has 0 radical (unpaired) electrons. The SMILES string of the molecule is CCCCCCc1ccsc1-c1ccnc(C2=CC(C(F)(F)F)NN2)c1. The molecule has 0 fully saturated rings. The van der Waals surface area contributed by atoms with Gasteiger partial charge in [-0.25, -0.2) is 5.43 Å². The van der Waals surface area contributed by atoms with Gasteiger partial charge in [-0.2, -0.15) is 13.2 Å². The molecule has 0 aliphatic carbocycles. The van der Waals surface area contributed by atoms with Gasteiger partial charge in [-0.05, 0) is 53.6 Å². The summed E-state index contributed by atoms with van der Waals surface area (Å²) in [4.78, 5) is 5.40. The van der Waals surface area contributed by atoms with Crippen LogP contribution in [-0.2, 0) is 6.42 Å². The fourth-order valence-electron chi connectivity index (χ4n) is 2.98. The molecule has 1 aliphatic rings. The van der Waals surface area contributed by atoms with Gasteiger partial charge in [0.2, 0.25) is 0 Å². The largest absolute Gasteiger partial charge is 0.409 e. The van der Waals surface area contributed by atoms with E-state index < -0.39 is 12.2 Å². The highest BCUT2D eigenvalue weighted by molar-refractivity contribution is 7.13. The molecule has 1 atom stereocenters.